The summed E-state index contributed by atoms with van der Waals surface area (Å²) in [5.41, 5.74) is 1.74. The van der Waals surface area contributed by atoms with Crippen LogP contribution in [0.3, 0.4) is 0 Å². The molecule has 0 unspecified atom stereocenters. The van der Waals surface area contributed by atoms with Crippen LogP contribution in [0.5, 0.6) is 0 Å². The maximum atomic E-state index is 4.10. The predicted octanol–water partition coefficient (Wildman–Crippen LogP) is 6.69. The Kier molecular flexibility index (Phi) is 8.79. The van der Waals surface area contributed by atoms with E-state index in [0.717, 1.165) is 11.4 Å². The SMILES string of the molecule is CCCCCC.c1ccc(/N=N/c2ccccc2)cc1. The maximum absolute atomic E-state index is 4.10. The van der Waals surface area contributed by atoms with Crippen molar-refractivity contribution in [1.82, 2.24) is 0 Å². The molecule has 2 heteroatoms. The van der Waals surface area contributed by atoms with Crippen LogP contribution in [0.4, 0.5) is 11.4 Å². The Hall–Kier alpha value is -1.96. The van der Waals surface area contributed by atoms with Crippen LogP contribution < -0.4 is 0 Å². The number of rotatable bonds is 5. The van der Waals surface area contributed by atoms with Crippen molar-refractivity contribution in [3.05, 3.63) is 60.7 Å². The lowest BCUT2D eigenvalue weighted by Gasteiger charge is -1.91. The highest BCUT2D eigenvalue weighted by molar-refractivity contribution is 5.39. The highest BCUT2D eigenvalue weighted by atomic mass is 15.1. The summed E-state index contributed by atoms with van der Waals surface area (Å²) in [4.78, 5) is 0. The predicted molar refractivity (Wildman–Crippen MR) is 86.9 cm³/mol. The molecular formula is C18H24N2. The molecule has 0 atom stereocenters. The van der Waals surface area contributed by atoms with Gasteiger partial charge in [0.25, 0.3) is 0 Å². The Morgan fingerprint density at radius 2 is 0.950 bits per heavy atom. The zero-order chi connectivity index (χ0) is 14.5. The zero-order valence-electron chi connectivity index (χ0n) is 12.5. The maximum Gasteiger partial charge on any atom is 0.0857 e. The second kappa shape index (κ2) is 10.9. The average Bonchev–Trinajstić information content (AvgIpc) is 2.53. The zero-order valence-corrected chi connectivity index (χ0v) is 12.5. The van der Waals surface area contributed by atoms with E-state index >= 15 is 0 Å². The van der Waals surface area contributed by atoms with Crippen LogP contribution in [-0.2, 0) is 0 Å². The third-order valence-electron chi connectivity index (χ3n) is 2.75. The molecule has 2 rings (SSSR count). The molecule has 0 bridgehead atoms. The molecular weight excluding hydrogens is 244 g/mol. The molecule has 0 saturated heterocycles. The lowest BCUT2D eigenvalue weighted by molar-refractivity contribution is 0.702. The van der Waals surface area contributed by atoms with Gasteiger partial charge >= 0.3 is 0 Å². The molecule has 0 amide bonds. The van der Waals surface area contributed by atoms with E-state index in [2.05, 4.69) is 24.1 Å². The average molecular weight is 268 g/mol. The molecule has 0 fully saturated rings. The highest BCUT2D eigenvalue weighted by Gasteiger charge is 1.86. The van der Waals surface area contributed by atoms with Crippen molar-refractivity contribution in [2.24, 2.45) is 10.2 Å². The summed E-state index contributed by atoms with van der Waals surface area (Å²) in [5, 5.41) is 8.20. The van der Waals surface area contributed by atoms with Crippen molar-refractivity contribution in [3.63, 3.8) is 0 Å². The lowest BCUT2D eigenvalue weighted by atomic mass is 10.2. The molecule has 0 radical (unpaired) electrons. The minimum absolute atomic E-state index is 0.872. The van der Waals surface area contributed by atoms with Crippen molar-refractivity contribution in [2.45, 2.75) is 39.5 Å². The van der Waals surface area contributed by atoms with Gasteiger partial charge in [-0.2, -0.15) is 10.2 Å². The molecule has 0 N–H and O–H groups in total. The fourth-order valence-corrected chi connectivity index (χ4v) is 1.60. The number of hydrogen-bond acceptors (Lipinski definition) is 2. The van der Waals surface area contributed by atoms with Gasteiger partial charge in [0.15, 0.2) is 0 Å². The van der Waals surface area contributed by atoms with Crippen molar-refractivity contribution < 1.29 is 0 Å². The summed E-state index contributed by atoms with van der Waals surface area (Å²) >= 11 is 0. The monoisotopic (exact) mass is 268 g/mol. The van der Waals surface area contributed by atoms with Crippen LogP contribution in [0.1, 0.15) is 39.5 Å². The van der Waals surface area contributed by atoms with Crippen LogP contribution in [0, 0.1) is 0 Å². The van der Waals surface area contributed by atoms with Crippen molar-refractivity contribution >= 4 is 11.4 Å². The van der Waals surface area contributed by atoms with Crippen LogP contribution in [-0.4, -0.2) is 0 Å². The van der Waals surface area contributed by atoms with Crippen LogP contribution >= 0.6 is 0 Å². The number of benzene rings is 2. The Bertz CT molecular complexity index is 418. The number of unbranched alkanes of at least 4 members (excludes halogenated alkanes) is 3. The third kappa shape index (κ3) is 7.47. The number of nitrogens with zero attached hydrogens (tertiary/aromatic N) is 2. The van der Waals surface area contributed by atoms with Crippen LogP contribution in [0.25, 0.3) is 0 Å². The van der Waals surface area contributed by atoms with Gasteiger partial charge in [-0.15, -0.1) is 0 Å². The summed E-state index contributed by atoms with van der Waals surface area (Å²) in [6, 6.07) is 19.4. The molecule has 0 aromatic heterocycles. The number of hydrogen-bond donors (Lipinski definition) is 0. The second-order valence-corrected chi connectivity index (χ2v) is 4.58. The first-order valence-corrected chi connectivity index (χ1v) is 7.38. The largest absolute Gasteiger partial charge is 0.151 e. The first-order chi connectivity index (χ1) is 9.86. The van der Waals surface area contributed by atoms with E-state index in [1.54, 1.807) is 0 Å². The molecule has 2 aromatic rings. The van der Waals surface area contributed by atoms with Gasteiger partial charge in [0.1, 0.15) is 0 Å². The van der Waals surface area contributed by atoms with E-state index in [9.17, 15) is 0 Å². The molecule has 0 aliphatic heterocycles. The Morgan fingerprint density at radius 1 is 0.600 bits per heavy atom. The summed E-state index contributed by atoms with van der Waals surface area (Å²) in [5.74, 6) is 0. The Labute approximate surface area is 122 Å². The van der Waals surface area contributed by atoms with E-state index in [1.807, 2.05) is 60.7 Å². The van der Waals surface area contributed by atoms with Gasteiger partial charge in [0, 0.05) is 0 Å². The summed E-state index contributed by atoms with van der Waals surface area (Å²) in [7, 11) is 0. The van der Waals surface area contributed by atoms with Gasteiger partial charge in [-0.3, -0.25) is 0 Å². The number of azo groups is 1. The fourth-order valence-electron chi connectivity index (χ4n) is 1.60. The molecule has 0 saturated carbocycles. The van der Waals surface area contributed by atoms with Gasteiger partial charge in [0.2, 0.25) is 0 Å². The van der Waals surface area contributed by atoms with Crippen molar-refractivity contribution in [2.75, 3.05) is 0 Å². The lowest BCUT2D eigenvalue weighted by Crippen LogP contribution is -1.66. The second-order valence-electron chi connectivity index (χ2n) is 4.58. The molecule has 0 aliphatic carbocycles. The van der Waals surface area contributed by atoms with E-state index in [0.29, 0.717) is 0 Å². The first-order valence-electron chi connectivity index (χ1n) is 7.38. The highest BCUT2D eigenvalue weighted by Crippen LogP contribution is 2.16. The van der Waals surface area contributed by atoms with Gasteiger partial charge in [-0.25, -0.2) is 0 Å². The molecule has 106 valence electrons. The van der Waals surface area contributed by atoms with Crippen molar-refractivity contribution in [3.8, 4) is 0 Å². The van der Waals surface area contributed by atoms with Gasteiger partial charge < -0.3 is 0 Å². The quantitative estimate of drug-likeness (QED) is 0.426. The Balaban J connectivity index is 0.000000286. The van der Waals surface area contributed by atoms with Crippen LogP contribution in [0.2, 0.25) is 0 Å². The summed E-state index contributed by atoms with van der Waals surface area (Å²) < 4.78 is 0. The molecule has 0 spiro atoms. The third-order valence-corrected chi connectivity index (χ3v) is 2.75. The van der Waals surface area contributed by atoms with E-state index in [1.165, 1.54) is 25.7 Å². The minimum atomic E-state index is 0.872. The minimum Gasteiger partial charge on any atom is -0.151 e. The molecule has 2 nitrogen and oxygen atoms in total. The normalized spacial score (nSPS) is 10.1. The van der Waals surface area contributed by atoms with Gasteiger partial charge in [-0.1, -0.05) is 75.9 Å². The smallest absolute Gasteiger partial charge is 0.0857 e. The standard InChI is InChI=1S/C12H10N2.C6H14/c1-3-7-11(8-4-1)13-14-12-9-5-2-6-10-12;1-3-5-6-4-2/h1-10H;3-6H2,1-2H3/b14-13+;. The Morgan fingerprint density at radius 3 is 1.25 bits per heavy atom. The molecule has 0 heterocycles. The molecule has 20 heavy (non-hydrogen) atoms. The van der Waals surface area contributed by atoms with Gasteiger partial charge in [-0.05, 0) is 24.3 Å². The topological polar surface area (TPSA) is 24.7 Å². The summed E-state index contributed by atoms with van der Waals surface area (Å²) in [6.45, 7) is 4.46. The summed E-state index contributed by atoms with van der Waals surface area (Å²) in [6.07, 6.45) is 5.54. The first kappa shape index (κ1) is 16.1. The molecule has 0 aliphatic rings. The van der Waals surface area contributed by atoms with E-state index in [4.69, 9.17) is 0 Å². The van der Waals surface area contributed by atoms with Crippen LogP contribution in [0.15, 0.2) is 70.9 Å². The van der Waals surface area contributed by atoms with E-state index in [-0.39, 0.29) is 0 Å². The van der Waals surface area contributed by atoms with E-state index < -0.39 is 0 Å². The fraction of sp³-hybridized carbons (Fsp3) is 0.333. The van der Waals surface area contributed by atoms with Crippen molar-refractivity contribution in [1.29, 1.82) is 0 Å². The molecule has 2 aromatic carbocycles. The van der Waals surface area contributed by atoms with Gasteiger partial charge in [0.05, 0.1) is 11.4 Å².